The Labute approximate surface area is 166 Å². The molecule has 0 spiro atoms. The number of nitrogens with zero attached hydrogens (tertiary/aromatic N) is 1. The highest BCUT2D eigenvalue weighted by Gasteiger charge is 2.40. The van der Waals surface area contributed by atoms with E-state index >= 15 is 0 Å². The standard InChI is InChI=1S/C23H29NO4/c1-22(2,3)28-21(26)24-12-6-11-23(4,15-24)20(25)18-8-7-17-14-19(27-5)10-9-16(17)13-18/h7-10,13-14H,6,11-12,15H2,1-5H3. The highest BCUT2D eigenvalue weighted by Crippen LogP contribution is 2.35. The Balaban J connectivity index is 1.82. The molecular weight excluding hydrogens is 354 g/mol. The van der Waals surface area contributed by atoms with Crippen LogP contribution >= 0.6 is 0 Å². The topological polar surface area (TPSA) is 55.8 Å². The van der Waals surface area contributed by atoms with Crippen molar-refractivity contribution in [2.24, 2.45) is 5.41 Å². The minimum Gasteiger partial charge on any atom is -0.497 e. The Kier molecular flexibility index (Phi) is 5.37. The van der Waals surface area contributed by atoms with E-state index in [1.165, 1.54) is 0 Å². The SMILES string of the molecule is COc1ccc2cc(C(=O)C3(C)CCCN(C(=O)OC(C)(C)C)C3)ccc2c1. The Morgan fingerprint density at radius 2 is 1.75 bits per heavy atom. The highest BCUT2D eigenvalue weighted by atomic mass is 16.6. The van der Waals surface area contributed by atoms with E-state index in [1.54, 1.807) is 12.0 Å². The third kappa shape index (κ3) is 4.29. The zero-order valence-corrected chi connectivity index (χ0v) is 17.4. The molecule has 3 rings (SSSR count). The molecule has 0 saturated carbocycles. The number of hydrogen-bond acceptors (Lipinski definition) is 4. The van der Waals surface area contributed by atoms with Gasteiger partial charge in [0, 0.05) is 24.1 Å². The smallest absolute Gasteiger partial charge is 0.410 e. The van der Waals surface area contributed by atoms with E-state index in [-0.39, 0.29) is 11.9 Å². The first-order chi connectivity index (χ1) is 13.1. The first kappa shape index (κ1) is 20.2. The van der Waals surface area contributed by atoms with Gasteiger partial charge in [-0.2, -0.15) is 0 Å². The molecule has 150 valence electrons. The summed E-state index contributed by atoms with van der Waals surface area (Å²) in [5.41, 5.74) is -0.491. The second kappa shape index (κ2) is 7.46. The fourth-order valence-corrected chi connectivity index (χ4v) is 3.75. The molecular formula is C23H29NO4. The minimum absolute atomic E-state index is 0.0680. The van der Waals surface area contributed by atoms with Gasteiger partial charge in [0.25, 0.3) is 0 Å². The van der Waals surface area contributed by atoms with Crippen LogP contribution in [-0.2, 0) is 4.74 Å². The predicted octanol–water partition coefficient (Wildman–Crippen LogP) is 5.07. The summed E-state index contributed by atoms with van der Waals surface area (Å²) in [6.07, 6.45) is 1.19. The van der Waals surface area contributed by atoms with Crippen molar-refractivity contribution in [3.8, 4) is 5.75 Å². The van der Waals surface area contributed by atoms with Crippen molar-refractivity contribution in [2.45, 2.75) is 46.1 Å². The minimum atomic E-state index is -0.616. The van der Waals surface area contributed by atoms with E-state index < -0.39 is 11.0 Å². The lowest BCUT2D eigenvalue weighted by molar-refractivity contribution is 0.00852. The van der Waals surface area contributed by atoms with Crippen LogP contribution in [-0.4, -0.2) is 42.6 Å². The van der Waals surface area contributed by atoms with Crippen molar-refractivity contribution in [3.05, 3.63) is 42.0 Å². The average molecular weight is 383 g/mol. The van der Waals surface area contributed by atoms with Gasteiger partial charge in [-0.25, -0.2) is 4.79 Å². The number of hydrogen-bond donors (Lipinski definition) is 0. The molecule has 1 aliphatic heterocycles. The van der Waals surface area contributed by atoms with Crippen molar-refractivity contribution in [1.29, 1.82) is 0 Å². The second-order valence-corrected chi connectivity index (χ2v) is 8.82. The first-order valence-electron chi connectivity index (χ1n) is 9.72. The molecule has 2 aromatic rings. The Morgan fingerprint density at radius 3 is 2.43 bits per heavy atom. The summed E-state index contributed by atoms with van der Waals surface area (Å²) < 4.78 is 10.8. The largest absolute Gasteiger partial charge is 0.497 e. The van der Waals surface area contributed by atoms with Crippen LogP contribution in [0.2, 0.25) is 0 Å². The van der Waals surface area contributed by atoms with Crippen LogP contribution in [0.25, 0.3) is 10.8 Å². The molecule has 1 amide bonds. The molecule has 1 saturated heterocycles. The summed E-state index contributed by atoms with van der Waals surface area (Å²) >= 11 is 0. The van der Waals surface area contributed by atoms with Crippen LogP contribution in [0.3, 0.4) is 0 Å². The zero-order valence-electron chi connectivity index (χ0n) is 17.4. The molecule has 5 nitrogen and oxygen atoms in total. The molecule has 1 fully saturated rings. The molecule has 0 bridgehead atoms. The summed E-state index contributed by atoms with van der Waals surface area (Å²) in [5.74, 6) is 0.859. The number of rotatable bonds is 3. The van der Waals surface area contributed by atoms with Crippen LogP contribution < -0.4 is 4.74 Å². The van der Waals surface area contributed by atoms with E-state index in [2.05, 4.69) is 0 Å². The fourth-order valence-electron chi connectivity index (χ4n) is 3.75. The number of Topliss-reactive ketones (excluding diaryl/α,β-unsaturated/α-hetero) is 1. The molecule has 28 heavy (non-hydrogen) atoms. The second-order valence-electron chi connectivity index (χ2n) is 8.82. The van der Waals surface area contributed by atoms with Gasteiger partial charge in [0.1, 0.15) is 11.4 Å². The lowest BCUT2D eigenvalue weighted by atomic mass is 9.75. The highest BCUT2D eigenvalue weighted by molar-refractivity contribution is 6.03. The van der Waals surface area contributed by atoms with E-state index in [9.17, 15) is 9.59 Å². The summed E-state index contributed by atoms with van der Waals surface area (Å²) in [6.45, 7) is 8.50. The number of likely N-dealkylation sites (tertiary alicyclic amines) is 1. The molecule has 0 radical (unpaired) electrons. The van der Waals surface area contributed by atoms with Gasteiger partial charge in [0.05, 0.1) is 7.11 Å². The van der Waals surface area contributed by atoms with Crippen LogP contribution in [0.15, 0.2) is 36.4 Å². The number of ether oxygens (including phenoxy) is 2. The number of ketones is 1. The maximum atomic E-state index is 13.3. The lowest BCUT2D eigenvalue weighted by Crippen LogP contribution is -2.49. The zero-order chi connectivity index (χ0) is 20.5. The fraction of sp³-hybridized carbons (Fsp3) is 0.478. The Morgan fingerprint density at radius 1 is 1.07 bits per heavy atom. The molecule has 0 N–H and O–H groups in total. The number of benzene rings is 2. The maximum absolute atomic E-state index is 13.3. The van der Waals surface area contributed by atoms with Crippen LogP contribution in [0.1, 0.15) is 50.9 Å². The molecule has 2 aromatic carbocycles. The van der Waals surface area contributed by atoms with Crippen molar-refractivity contribution in [1.82, 2.24) is 4.90 Å². The van der Waals surface area contributed by atoms with Gasteiger partial charge in [-0.05, 0) is 62.6 Å². The number of fused-ring (bicyclic) bond motifs is 1. The summed E-state index contributed by atoms with van der Waals surface area (Å²) in [4.78, 5) is 27.5. The molecule has 0 aliphatic carbocycles. The average Bonchev–Trinajstić information content (AvgIpc) is 2.65. The van der Waals surface area contributed by atoms with Crippen molar-refractivity contribution >= 4 is 22.6 Å². The van der Waals surface area contributed by atoms with Crippen LogP contribution in [0.5, 0.6) is 5.75 Å². The van der Waals surface area contributed by atoms with E-state index in [0.29, 0.717) is 18.7 Å². The Bertz CT molecular complexity index is 899. The van der Waals surface area contributed by atoms with E-state index in [4.69, 9.17) is 9.47 Å². The van der Waals surface area contributed by atoms with E-state index in [1.807, 2.05) is 64.1 Å². The number of carbonyl (C=O) groups is 2. The van der Waals surface area contributed by atoms with Gasteiger partial charge in [-0.15, -0.1) is 0 Å². The molecule has 1 unspecified atom stereocenters. The predicted molar refractivity (Wildman–Crippen MR) is 110 cm³/mol. The molecule has 1 aliphatic rings. The summed E-state index contributed by atoms with van der Waals surface area (Å²) in [6, 6.07) is 11.5. The number of methoxy groups -OCH3 is 1. The number of amides is 1. The molecule has 0 aromatic heterocycles. The van der Waals surface area contributed by atoms with Crippen molar-refractivity contribution in [2.75, 3.05) is 20.2 Å². The van der Waals surface area contributed by atoms with Crippen molar-refractivity contribution in [3.63, 3.8) is 0 Å². The van der Waals surface area contributed by atoms with Gasteiger partial charge in [-0.3, -0.25) is 4.79 Å². The van der Waals surface area contributed by atoms with Crippen LogP contribution in [0.4, 0.5) is 4.79 Å². The third-order valence-electron chi connectivity index (χ3n) is 5.21. The van der Waals surface area contributed by atoms with Gasteiger partial charge in [0.2, 0.25) is 0 Å². The molecule has 1 heterocycles. The first-order valence-corrected chi connectivity index (χ1v) is 9.72. The summed E-state index contributed by atoms with van der Waals surface area (Å²) in [7, 11) is 1.64. The van der Waals surface area contributed by atoms with Gasteiger partial charge in [0.15, 0.2) is 5.78 Å². The maximum Gasteiger partial charge on any atom is 0.410 e. The Hall–Kier alpha value is -2.56. The van der Waals surface area contributed by atoms with Gasteiger partial charge < -0.3 is 14.4 Å². The molecule has 5 heteroatoms. The number of piperidine rings is 1. The van der Waals surface area contributed by atoms with E-state index in [0.717, 1.165) is 29.4 Å². The van der Waals surface area contributed by atoms with Crippen LogP contribution in [0, 0.1) is 5.41 Å². The monoisotopic (exact) mass is 383 g/mol. The molecule has 1 atom stereocenters. The van der Waals surface area contributed by atoms with Crippen molar-refractivity contribution < 1.29 is 19.1 Å². The lowest BCUT2D eigenvalue weighted by Gasteiger charge is -2.39. The van der Waals surface area contributed by atoms with Gasteiger partial charge in [-0.1, -0.05) is 25.1 Å². The quantitative estimate of drug-likeness (QED) is 0.695. The summed E-state index contributed by atoms with van der Waals surface area (Å²) in [5, 5.41) is 2.02. The normalized spacial score (nSPS) is 20.1. The third-order valence-corrected chi connectivity index (χ3v) is 5.21. The van der Waals surface area contributed by atoms with Gasteiger partial charge >= 0.3 is 6.09 Å². The number of carbonyl (C=O) groups excluding carboxylic acids is 2.